The summed E-state index contributed by atoms with van der Waals surface area (Å²) in [4.78, 5) is 33.8. The van der Waals surface area contributed by atoms with E-state index in [-0.39, 0.29) is 30.3 Å². The van der Waals surface area contributed by atoms with Crippen molar-refractivity contribution in [3.8, 4) is 0 Å². The van der Waals surface area contributed by atoms with Gasteiger partial charge in [0.05, 0.1) is 29.8 Å². The van der Waals surface area contributed by atoms with Crippen LogP contribution in [0, 0.1) is 5.92 Å². The summed E-state index contributed by atoms with van der Waals surface area (Å²) in [6, 6.07) is 9.53. The number of rotatable bonds is 6. The largest absolute Gasteiger partial charge is 0.364 e. The van der Waals surface area contributed by atoms with E-state index in [0.717, 1.165) is 29.6 Å². The topological polar surface area (TPSA) is 96.5 Å². The third-order valence-corrected chi connectivity index (χ3v) is 5.75. The van der Waals surface area contributed by atoms with E-state index in [9.17, 15) is 9.59 Å². The highest BCUT2D eigenvalue weighted by molar-refractivity contribution is 5.81. The fourth-order valence-electron chi connectivity index (χ4n) is 4.25. The number of hydrogen-bond acceptors (Lipinski definition) is 6. The Morgan fingerprint density at radius 2 is 2.06 bits per heavy atom. The maximum atomic E-state index is 12.9. The van der Waals surface area contributed by atoms with Crippen LogP contribution in [0.25, 0.3) is 11.0 Å². The van der Waals surface area contributed by atoms with Gasteiger partial charge in [-0.2, -0.15) is 0 Å². The van der Waals surface area contributed by atoms with Crippen LogP contribution in [0.5, 0.6) is 0 Å². The summed E-state index contributed by atoms with van der Waals surface area (Å²) in [5, 5.41) is 7.02. The molecule has 1 saturated heterocycles. The summed E-state index contributed by atoms with van der Waals surface area (Å²) < 4.78 is 6.71. The minimum atomic E-state index is -0.110. The predicted octanol–water partition coefficient (Wildman–Crippen LogP) is 1.51. The van der Waals surface area contributed by atoms with Gasteiger partial charge in [-0.05, 0) is 32.0 Å². The van der Waals surface area contributed by atoms with Gasteiger partial charge in [0.2, 0.25) is 11.8 Å². The van der Waals surface area contributed by atoms with E-state index in [1.807, 2.05) is 35.9 Å². The number of benzene rings is 1. The summed E-state index contributed by atoms with van der Waals surface area (Å²) in [7, 11) is 3.78. The molecular weight excluding hydrogens is 396 g/mol. The van der Waals surface area contributed by atoms with E-state index in [2.05, 4.69) is 20.4 Å². The number of carbonyl (C=O) groups excluding carboxylic acids is 2. The smallest absolute Gasteiger partial charge is 0.240 e. The maximum absolute atomic E-state index is 12.9. The Bertz CT molecular complexity index is 1030. The number of aromatic nitrogens is 3. The number of para-hydroxylation sites is 2. The molecule has 0 aliphatic carbocycles. The molecule has 2 atom stereocenters. The van der Waals surface area contributed by atoms with Crippen LogP contribution < -0.4 is 5.32 Å². The molecule has 0 spiro atoms. The molecule has 3 heterocycles. The summed E-state index contributed by atoms with van der Waals surface area (Å²) in [5.74, 6) is -0.0670. The molecular formula is C22H28N6O3. The fourth-order valence-corrected chi connectivity index (χ4v) is 4.25. The molecule has 1 aliphatic rings. The number of hydrogen-bond donors (Lipinski definition) is 1. The average Bonchev–Trinajstić information content (AvgIpc) is 3.36. The molecule has 1 N–H and O–H groups in total. The van der Waals surface area contributed by atoms with E-state index < -0.39 is 0 Å². The van der Waals surface area contributed by atoms with Crippen LogP contribution in [0.4, 0.5) is 0 Å². The van der Waals surface area contributed by atoms with Crippen molar-refractivity contribution in [1.82, 2.24) is 29.8 Å². The zero-order valence-electron chi connectivity index (χ0n) is 17.9. The molecule has 1 aromatic carbocycles. The van der Waals surface area contributed by atoms with E-state index in [1.54, 1.807) is 24.3 Å². The Morgan fingerprint density at radius 1 is 1.23 bits per heavy atom. The van der Waals surface area contributed by atoms with Crippen LogP contribution >= 0.6 is 0 Å². The first-order valence-corrected chi connectivity index (χ1v) is 10.5. The summed E-state index contributed by atoms with van der Waals surface area (Å²) >= 11 is 0. The van der Waals surface area contributed by atoms with Gasteiger partial charge in [0.25, 0.3) is 0 Å². The first-order chi connectivity index (χ1) is 15.0. The summed E-state index contributed by atoms with van der Waals surface area (Å²) in [6.45, 7) is 2.03. The molecule has 2 aromatic heterocycles. The zero-order chi connectivity index (χ0) is 21.8. The molecule has 3 aromatic rings. The standard InChI is InChI=1S/C22H28N6O3/c1-26-11-16(22(30)27(2)13-18-9-10-31-25-18)7-8-17(12-26)24-21(29)14-28-15-23-19-5-3-4-6-20(19)28/h3-6,9-10,15-17H,7-8,11-14H2,1-2H3,(H,24,29)/t16-,17+/m1/s1. The molecule has 31 heavy (non-hydrogen) atoms. The Balaban J connectivity index is 1.32. The Morgan fingerprint density at radius 3 is 2.87 bits per heavy atom. The Kier molecular flexibility index (Phi) is 6.31. The monoisotopic (exact) mass is 424 g/mol. The summed E-state index contributed by atoms with van der Waals surface area (Å²) in [6.07, 6.45) is 4.69. The van der Waals surface area contributed by atoms with E-state index in [4.69, 9.17) is 4.52 Å². The SMILES string of the molecule is CN1C[C@@H](NC(=O)Cn2cnc3ccccc32)CC[C@@H](C(=O)N(C)Cc2ccon2)C1. The lowest BCUT2D eigenvalue weighted by atomic mass is 10.0. The number of likely N-dealkylation sites (tertiary alicyclic amines) is 1. The molecule has 9 heteroatoms. The lowest BCUT2D eigenvalue weighted by Gasteiger charge is -2.24. The first-order valence-electron chi connectivity index (χ1n) is 10.5. The van der Waals surface area contributed by atoms with Gasteiger partial charge in [-0.15, -0.1) is 0 Å². The van der Waals surface area contributed by atoms with Gasteiger partial charge in [0.15, 0.2) is 0 Å². The van der Waals surface area contributed by atoms with Crippen LogP contribution in [0.15, 0.2) is 47.4 Å². The van der Waals surface area contributed by atoms with Gasteiger partial charge in [0, 0.05) is 32.2 Å². The van der Waals surface area contributed by atoms with E-state index in [0.29, 0.717) is 19.6 Å². The van der Waals surface area contributed by atoms with Gasteiger partial charge in [0.1, 0.15) is 18.5 Å². The minimum Gasteiger partial charge on any atom is -0.364 e. The van der Waals surface area contributed by atoms with Crippen molar-refractivity contribution in [2.45, 2.75) is 32.0 Å². The molecule has 1 fully saturated rings. The van der Waals surface area contributed by atoms with Crippen LogP contribution in [0.2, 0.25) is 0 Å². The highest BCUT2D eigenvalue weighted by Gasteiger charge is 2.29. The van der Waals surface area contributed by atoms with Crippen LogP contribution in [0.1, 0.15) is 18.5 Å². The number of nitrogens with zero attached hydrogens (tertiary/aromatic N) is 5. The molecule has 0 bridgehead atoms. The predicted molar refractivity (Wildman–Crippen MR) is 115 cm³/mol. The van der Waals surface area contributed by atoms with Crippen molar-refractivity contribution >= 4 is 22.8 Å². The van der Waals surface area contributed by atoms with Crippen molar-refractivity contribution in [3.63, 3.8) is 0 Å². The highest BCUT2D eigenvalue weighted by atomic mass is 16.5. The van der Waals surface area contributed by atoms with Gasteiger partial charge >= 0.3 is 0 Å². The van der Waals surface area contributed by atoms with Gasteiger partial charge in [-0.3, -0.25) is 9.59 Å². The normalized spacial score (nSPS) is 19.8. The van der Waals surface area contributed by atoms with Gasteiger partial charge < -0.3 is 24.2 Å². The third kappa shape index (κ3) is 5.11. The lowest BCUT2D eigenvalue weighted by Crippen LogP contribution is -2.43. The highest BCUT2D eigenvalue weighted by Crippen LogP contribution is 2.19. The van der Waals surface area contributed by atoms with E-state index in [1.165, 1.54) is 6.26 Å². The first kappa shape index (κ1) is 21.0. The van der Waals surface area contributed by atoms with Crippen LogP contribution in [-0.2, 0) is 22.7 Å². The average molecular weight is 425 g/mol. The fraction of sp³-hybridized carbons (Fsp3) is 0.455. The van der Waals surface area contributed by atoms with Crippen molar-refractivity contribution in [1.29, 1.82) is 0 Å². The number of imidazole rings is 1. The Labute approximate surface area is 181 Å². The minimum absolute atomic E-state index is 0.00549. The number of amides is 2. The molecule has 0 unspecified atom stereocenters. The second kappa shape index (κ2) is 9.30. The number of likely N-dealkylation sites (N-methyl/N-ethyl adjacent to an activating group) is 1. The second-order valence-electron chi connectivity index (χ2n) is 8.31. The molecule has 4 rings (SSSR count). The molecule has 0 saturated carbocycles. The Hall–Kier alpha value is -3.20. The molecule has 2 amide bonds. The van der Waals surface area contributed by atoms with Gasteiger partial charge in [-0.25, -0.2) is 4.98 Å². The van der Waals surface area contributed by atoms with E-state index >= 15 is 0 Å². The van der Waals surface area contributed by atoms with Crippen molar-refractivity contribution < 1.29 is 14.1 Å². The van der Waals surface area contributed by atoms with Crippen molar-refractivity contribution in [2.75, 3.05) is 27.2 Å². The molecule has 9 nitrogen and oxygen atoms in total. The number of carbonyl (C=O) groups is 2. The van der Waals surface area contributed by atoms with Crippen molar-refractivity contribution in [2.24, 2.45) is 5.92 Å². The zero-order valence-corrected chi connectivity index (χ0v) is 17.9. The van der Waals surface area contributed by atoms with Crippen LogP contribution in [-0.4, -0.2) is 69.5 Å². The third-order valence-electron chi connectivity index (χ3n) is 5.75. The van der Waals surface area contributed by atoms with Crippen molar-refractivity contribution in [3.05, 3.63) is 48.6 Å². The molecule has 0 radical (unpaired) electrons. The van der Waals surface area contributed by atoms with Crippen LogP contribution in [0.3, 0.4) is 0 Å². The quantitative estimate of drug-likeness (QED) is 0.644. The number of fused-ring (bicyclic) bond motifs is 1. The molecule has 164 valence electrons. The van der Waals surface area contributed by atoms with Gasteiger partial charge in [-0.1, -0.05) is 17.3 Å². The molecule has 1 aliphatic heterocycles. The number of nitrogens with one attached hydrogen (secondary N) is 1. The maximum Gasteiger partial charge on any atom is 0.240 e. The lowest BCUT2D eigenvalue weighted by molar-refractivity contribution is -0.135. The summed E-state index contributed by atoms with van der Waals surface area (Å²) in [5.41, 5.74) is 2.55. The second-order valence-corrected chi connectivity index (χ2v) is 8.31.